The van der Waals surface area contributed by atoms with Crippen molar-refractivity contribution in [3.63, 3.8) is 0 Å². The Bertz CT molecular complexity index is 1390. The van der Waals surface area contributed by atoms with Crippen LogP contribution in [0, 0.1) is 0 Å². The van der Waals surface area contributed by atoms with E-state index in [9.17, 15) is 4.79 Å². The maximum atomic E-state index is 12.1. The molecule has 0 spiro atoms. The summed E-state index contributed by atoms with van der Waals surface area (Å²) < 4.78 is 5.37. The summed E-state index contributed by atoms with van der Waals surface area (Å²) in [7, 11) is 1.64. The molecular formula is C28H23N3O2. The Morgan fingerprint density at radius 2 is 1.52 bits per heavy atom. The summed E-state index contributed by atoms with van der Waals surface area (Å²) in [4.78, 5) is 17.1. The van der Waals surface area contributed by atoms with Gasteiger partial charge in [0, 0.05) is 11.1 Å². The second-order valence-corrected chi connectivity index (χ2v) is 7.97. The lowest BCUT2D eigenvalue weighted by Crippen LogP contribution is -2.25. The molecule has 1 unspecified atom stereocenters. The van der Waals surface area contributed by atoms with E-state index in [4.69, 9.17) is 21.2 Å². The maximum absolute atomic E-state index is 12.1. The summed E-state index contributed by atoms with van der Waals surface area (Å²) in [5.74, 6) is 0.792. The quantitative estimate of drug-likeness (QED) is 0.486. The van der Waals surface area contributed by atoms with Gasteiger partial charge in [0.05, 0.1) is 7.11 Å². The van der Waals surface area contributed by atoms with Gasteiger partial charge in [0.2, 0.25) is 5.91 Å². The van der Waals surface area contributed by atoms with Gasteiger partial charge in [0.25, 0.3) is 0 Å². The van der Waals surface area contributed by atoms with E-state index in [2.05, 4.69) is 12.1 Å². The SMILES string of the molecule is COc1ccc(C2(c3cccc(-c4ccccc4C(N)=O)c3)N=C(N)c3ccccc32)cc1. The van der Waals surface area contributed by atoms with Gasteiger partial charge in [-0.25, -0.2) is 4.99 Å². The van der Waals surface area contributed by atoms with Crippen LogP contribution in [0.1, 0.15) is 32.6 Å². The van der Waals surface area contributed by atoms with Crippen molar-refractivity contribution in [1.29, 1.82) is 0 Å². The number of fused-ring (bicyclic) bond motifs is 1. The van der Waals surface area contributed by atoms with Crippen molar-refractivity contribution < 1.29 is 9.53 Å². The molecule has 5 nitrogen and oxygen atoms in total. The molecule has 0 aliphatic carbocycles. The van der Waals surface area contributed by atoms with Crippen LogP contribution >= 0.6 is 0 Å². The Labute approximate surface area is 192 Å². The van der Waals surface area contributed by atoms with E-state index < -0.39 is 11.4 Å². The molecule has 1 amide bonds. The molecular weight excluding hydrogens is 410 g/mol. The van der Waals surface area contributed by atoms with Gasteiger partial charge in [-0.1, -0.05) is 72.8 Å². The minimum atomic E-state index is -0.829. The van der Waals surface area contributed by atoms with Gasteiger partial charge < -0.3 is 16.2 Å². The van der Waals surface area contributed by atoms with Crippen LogP contribution in [0.2, 0.25) is 0 Å². The Morgan fingerprint density at radius 3 is 2.24 bits per heavy atom. The van der Waals surface area contributed by atoms with Crippen LogP contribution in [0.5, 0.6) is 5.75 Å². The standard InChI is InChI=1S/C28H23N3O2/c1-33-21-15-13-19(14-16-21)28(25-12-5-4-11-24(25)26(29)31-28)20-8-6-7-18(17-20)22-9-2-3-10-23(22)27(30)32/h2-17H,1H3,(H2,29,31)(H2,30,32). The predicted octanol–water partition coefficient (Wildman–Crippen LogP) is 4.47. The van der Waals surface area contributed by atoms with Crippen LogP contribution < -0.4 is 16.2 Å². The number of ether oxygens (including phenoxy) is 1. The Morgan fingerprint density at radius 1 is 0.818 bits per heavy atom. The van der Waals surface area contributed by atoms with Gasteiger partial charge in [-0.3, -0.25) is 4.79 Å². The molecule has 4 aromatic carbocycles. The molecule has 1 aliphatic rings. The first-order valence-corrected chi connectivity index (χ1v) is 10.6. The maximum Gasteiger partial charge on any atom is 0.249 e. The molecule has 0 saturated heterocycles. The van der Waals surface area contributed by atoms with E-state index in [0.29, 0.717) is 11.4 Å². The molecule has 4 aromatic rings. The smallest absolute Gasteiger partial charge is 0.249 e. The molecule has 0 saturated carbocycles. The van der Waals surface area contributed by atoms with E-state index in [1.807, 2.05) is 78.9 Å². The zero-order valence-corrected chi connectivity index (χ0v) is 18.2. The number of methoxy groups -OCH3 is 1. The third-order valence-electron chi connectivity index (χ3n) is 6.17. The monoisotopic (exact) mass is 433 g/mol. The number of amides is 1. The number of hydrogen-bond acceptors (Lipinski definition) is 4. The van der Waals surface area contributed by atoms with Crippen LogP contribution in [-0.4, -0.2) is 18.9 Å². The van der Waals surface area contributed by atoms with Gasteiger partial charge in [-0.05, 0) is 52.1 Å². The van der Waals surface area contributed by atoms with Crippen LogP contribution in [0.3, 0.4) is 0 Å². The van der Waals surface area contributed by atoms with Crippen LogP contribution in [0.25, 0.3) is 11.1 Å². The molecule has 1 atom stereocenters. The number of rotatable bonds is 5. The van der Waals surface area contributed by atoms with Crippen LogP contribution in [-0.2, 0) is 5.54 Å². The Balaban J connectivity index is 1.77. The number of aliphatic imine (C=N–C) groups is 1. The third-order valence-corrected chi connectivity index (χ3v) is 6.17. The van der Waals surface area contributed by atoms with Gasteiger partial charge >= 0.3 is 0 Å². The third kappa shape index (κ3) is 3.26. The summed E-state index contributed by atoms with van der Waals surface area (Å²) >= 11 is 0. The highest BCUT2D eigenvalue weighted by Gasteiger charge is 2.42. The van der Waals surface area contributed by atoms with E-state index in [1.54, 1.807) is 13.2 Å². The number of primary amides is 1. The average Bonchev–Trinajstić information content (AvgIpc) is 3.17. The fourth-order valence-electron chi connectivity index (χ4n) is 4.62. The molecule has 0 aromatic heterocycles. The molecule has 0 radical (unpaired) electrons. The summed E-state index contributed by atoms with van der Waals surface area (Å²) in [5.41, 5.74) is 17.2. The Hall–Kier alpha value is -4.38. The van der Waals surface area contributed by atoms with Gasteiger partial charge in [0.15, 0.2) is 0 Å². The molecule has 4 N–H and O–H groups in total. The number of nitrogens with zero attached hydrogens (tertiary/aromatic N) is 1. The van der Waals surface area contributed by atoms with Gasteiger partial charge in [0.1, 0.15) is 17.1 Å². The van der Waals surface area contributed by atoms with Crippen molar-refractivity contribution in [2.75, 3.05) is 7.11 Å². The number of hydrogen-bond donors (Lipinski definition) is 2. The number of amidine groups is 1. The highest BCUT2D eigenvalue weighted by atomic mass is 16.5. The molecule has 33 heavy (non-hydrogen) atoms. The fraction of sp³-hybridized carbons (Fsp3) is 0.0714. The highest BCUT2D eigenvalue weighted by molar-refractivity contribution is 6.03. The summed E-state index contributed by atoms with van der Waals surface area (Å²) in [5, 5.41) is 0. The zero-order chi connectivity index (χ0) is 23.0. The van der Waals surface area contributed by atoms with Crippen LogP contribution in [0.15, 0.2) is 102 Å². The predicted molar refractivity (Wildman–Crippen MR) is 130 cm³/mol. The van der Waals surface area contributed by atoms with Gasteiger partial charge in [-0.15, -0.1) is 0 Å². The second-order valence-electron chi connectivity index (χ2n) is 7.97. The van der Waals surface area contributed by atoms with E-state index in [-0.39, 0.29) is 0 Å². The first-order chi connectivity index (χ1) is 16.0. The van der Waals surface area contributed by atoms with Crippen molar-refractivity contribution >= 4 is 11.7 Å². The topological polar surface area (TPSA) is 90.7 Å². The van der Waals surface area contributed by atoms with Crippen molar-refractivity contribution in [2.24, 2.45) is 16.5 Å². The lowest BCUT2D eigenvalue weighted by atomic mass is 9.77. The first-order valence-electron chi connectivity index (χ1n) is 10.6. The first kappa shape index (κ1) is 20.5. The van der Waals surface area contributed by atoms with Crippen molar-refractivity contribution in [3.05, 3.63) is 125 Å². The van der Waals surface area contributed by atoms with E-state index in [1.165, 1.54) is 0 Å². The largest absolute Gasteiger partial charge is 0.497 e. The summed E-state index contributed by atoms with van der Waals surface area (Å²) in [6.07, 6.45) is 0. The normalized spacial score (nSPS) is 16.7. The Kier molecular flexibility index (Phi) is 4.94. The van der Waals surface area contributed by atoms with Crippen molar-refractivity contribution in [1.82, 2.24) is 0 Å². The second kappa shape index (κ2) is 7.95. The minimum absolute atomic E-state index is 0.464. The lowest BCUT2D eigenvalue weighted by Gasteiger charge is -2.30. The summed E-state index contributed by atoms with van der Waals surface area (Å²) in [6.45, 7) is 0. The number of benzene rings is 4. The van der Waals surface area contributed by atoms with E-state index >= 15 is 0 Å². The van der Waals surface area contributed by atoms with Gasteiger partial charge in [-0.2, -0.15) is 0 Å². The van der Waals surface area contributed by atoms with Crippen molar-refractivity contribution in [2.45, 2.75) is 5.54 Å². The molecule has 162 valence electrons. The zero-order valence-electron chi connectivity index (χ0n) is 18.2. The number of carbonyl (C=O) groups excluding carboxylic acids is 1. The summed E-state index contributed by atoms with van der Waals surface area (Å²) in [6, 6.07) is 31.3. The average molecular weight is 434 g/mol. The molecule has 1 aliphatic heterocycles. The number of carbonyl (C=O) groups is 1. The highest BCUT2D eigenvalue weighted by Crippen LogP contribution is 2.46. The molecule has 0 fully saturated rings. The van der Waals surface area contributed by atoms with Crippen molar-refractivity contribution in [3.8, 4) is 16.9 Å². The molecule has 1 heterocycles. The molecule has 0 bridgehead atoms. The fourth-order valence-corrected chi connectivity index (χ4v) is 4.62. The molecule has 5 rings (SSSR count). The van der Waals surface area contributed by atoms with E-state index in [0.717, 1.165) is 39.1 Å². The van der Waals surface area contributed by atoms with Crippen LogP contribution in [0.4, 0.5) is 0 Å². The lowest BCUT2D eigenvalue weighted by molar-refractivity contribution is 0.100. The number of nitrogens with two attached hydrogens (primary N) is 2. The minimum Gasteiger partial charge on any atom is -0.497 e. The molecule has 5 heteroatoms.